The largest absolute Gasteiger partial charge is 0.506 e. The molecular formula is C18H22N2O4. The summed E-state index contributed by atoms with van der Waals surface area (Å²) in [6, 6.07) is 10.6. The molecule has 2 aromatic rings. The zero-order valence-electron chi connectivity index (χ0n) is 14.1. The van der Waals surface area contributed by atoms with E-state index in [2.05, 4.69) is 10.6 Å². The zero-order chi connectivity index (χ0) is 17.7. The topological polar surface area (TPSA) is 87.7 Å². The van der Waals surface area contributed by atoms with Crippen LogP contribution < -0.4 is 10.6 Å². The number of rotatable bonds is 4. The number of hydrogen-bond acceptors (Lipinski definition) is 4. The minimum Gasteiger partial charge on any atom is -0.506 e. The van der Waals surface area contributed by atoms with Gasteiger partial charge in [-0.3, -0.25) is 4.79 Å². The van der Waals surface area contributed by atoms with Crippen LogP contribution in [0, 0.1) is 0 Å². The summed E-state index contributed by atoms with van der Waals surface area (Å²) in [5, 5.41) is 16.9. The maximum absolute atomic E-state index is 12.2. The van der Waals surface area contributed by atoms with Gasteiger partial charge in [0.25, 0.3) is 5.91 Å². The maximum Gasteiger partial charge on any atom is 0.407 e. The molecule has 0 fully saturated rings. The minimum absolute atomic E-state index is 0.0503. The van der Waals surface area contributed by atoms with E-state index in [9.17, 15) is 14.7 Å². The van der Waals surface area contributed by atoms with Gasteiger partial charge in [0.05, 0.1) is 5.56 Å². The molecule has 0 saturated heterocycles. The molecule has 2 aromatic carbocycles. The first-order chi connectivity index (χ1) is 11.3. The van der Waals surface area contributed by atoms with E-state index in [-0.39, 0.29) is 24.4 Å². The lowest BCUT2D eigenvalue weighted by atomic mass is 10.0. The van der Waals surface area contributed by atoms with Crippen LogP contribution in [0.2, 0.25) is 0 Å². The second kappa shape index (κ2) is 7.21. The van der Waals surface area contributed by atoms with Gasteiger partial charge in [0.15, 0.2) is 0 Å². The molecule has 2 rings (SSSR count). The zero-order valence-corrected chi connectivity index (χ0v) is 14.1. The second-order valence-corrected chi connectivity index (χ2v) is 6.37. The number of phenolic OH excluding ortho intramolecular Hbond substituents is 1. The van der Waals surface area contributed by atoms with Gasteiger partial charge in [-0.1, -0.05) is 30.3 Å². The van der Waals surface area contributed by atoms with Crippen molar-refractivity contribution in [3.63, 3.8) is 0 Å². The third-order valence-electron chi connectivity index (χ3n) is 3.22. The Balaban J connectivity index is 1.89. The van der Waals surface area contributed by atoms with E-state index in [1.54, 1.807) is 45.0 Å². The van der Waals surface area contributed by atoms with Gasteiger partial charge in [-0.2, -0.15) is 0 Å². The Morgan fingerprint density at radius 3 is 2.42 bits per heavy atom. The molecule has 3 N–H and O–H groups in total. The monoisotopic (exact) mass is 330 g/mol. The van der Waals surface area contributed by atoms with Crippen molar-refractivity contribution < 1.29 is 19.4 Å². The number of ether oxygens (including phenoxy) is 1. The quantitative estimate of drug-likeness (QED) is 0.752. The number of carbonyl (C=O) groups is 2. The molecule has 128 valence electrons. The predicted molar refractivity (Wildman–Crippen MR) is 92.2 cm³/mol. The molecule has 6 heteroatoms. The smallest absolute Gasteiger partial charge is 0.407 e. The minimum atomic E-state index is -0.565. The number of fused-ring (bicyclic) bond motifs is 1. The second-order valence-electron chi connectivity index (χ2n) is 6.37. The lowest BCUT2D eigenvalue weighted by molar-refractivity contribution is 0.0526. The van der Waals surface area contributed by atoms with Crippen LogP contribution in [0.5, 0.6) is 5.75 Å². The average Bonchev–Trinajstić information content (AvgIpc) is 2.50. The number of benzene rings is 2. The highest BCUT2D eigenvalue weighted by atomic mass is 16.6. The molecule has 0 unspecified atom stereocenters. The lowest BCUT2D eigenvalue weighted by Gasteiger charge is -2.19. The molecule has 2 amide bonds. The van der Waals surface area contributed by atoms with Crippen molar-refractivity contribution in [3.8, 4) is 5.75 Å². The third-order valence-corrected chi connectivity index (χ3v) is 3.22. The summed E-state index contributed by atoms with van der Waals surface area (Å²) in [4.78, 5) is 23.7. The molecule has 0 radical (unpaired) electrons. The maximum atomic E-state index is 12.2. The molecule has 0 aliphatic rings. The first-order valence-electron chi connectivity index (χ1n) is 7.74. The van der Waals surface area contributed by atoms with Gasteiger partial charge < -0.3 is 20.5 Å². The number of amides is 2. The average molecular weight is 330 g/mol. The fraction of sp³-hybridized carbons (Fsp3) is 0.333. The van der Waals surface area contributed by atoms with Crippen molar-refractivity contribution in [2.75, 3.05) is 13.1 Å². The Morgan fingerprint density at radius 2 is 1.71 bits per heavy atom. The van der Waals surface area contributed by atoms with Gasteiger partial charge in [-0.05, 0) is 32.2 Å². The summed E-state index contributed by atoms with van der Waals surface area (Å²) in [5.74, 6) is -0.449. The number of aromatic hydroxyl groups is 1. The van der Waals surface area contributed by atoms with Crippen LogP contribution in [0.15, 0.2) is 36.4 Å². The highest BCUT2D eigenvalue weighted by Crippen LogP contribution is 2.28. The predicted octanol–water partition coefficient (Wildman–Crippen LogP) is 2.80. The highest BCUT2D eigenvalue weighted by molar-refractivity contribution is 6.03. The van der Waals surface area contributed by atoms with Crippen LogP contribution in [0.1, 0.15) is 31.1 Å². The number of phenols is 1. The van der Waals surface area contributed by atoms with E-state index in [1.807, 2.05) is 12.1 Å². The van der Waals surface area contributed by atoms with Crippen molar-refractivity contribution in [2.24, 2.45) is 0 Å². The van der Waals surface area contributed by atoms with E-state index in [1.165, 1.54) is 0 Å². The van der Waals surface area contributed by atoms with Crippen molar-refractivity contribution in [1.82, 2.24) is 10.6 Å². The standard InChI is InChI=1S/C18H22N2O4/c1-18(2,3)24-17(23)20-11-10-19-16(22)14-9-8-12-6-4-5-7-13(12)15(14)21/h4-9,21H,10-11H2,1-3H3,(H,19,22)(H,20,23). The van der Waals surface area contributed by atoms with E-state index in [0.29, 0.717) is 5.39 Å². The Bertz CT molecular complexity index is 750. The Morgan fingerprint density at radius 1 is 1.04 bits per heavy atom. The van der Waals surface area contributed by atoms with E-state index in [0.717, 1.165) is 5.39 Å². The number of alkyl carbamates (subject to hydrolysis) is 1. The van der Waals surface area contributed by atoms with Gasteiger partial charge in [0.2, 0.25) is 0 Å². The Labute approximate surface area is 140 Å². The number of nitrogens with one attached hydrogen (secondary N) is 2. The first kappa shape index (κ1) is 17.6. The van der Waals surface area contributed by atoms with Crippen LogP contribution in [-0.2, 0) is 4.74 Å². The van der Waals surface area contributed by atoms with E-state index < -0.39 is 17.6 Å². The SMILES string of the molecule is CC(C)(C)OC(=O)NCCNC(=O)c1ccc2ccccc2c1O. The molecule has 0 atom stereocenters. The van der Waals surface area contributed by atoms with Crippen molar-refractivity contribution in [3.05, 3.63) is 42.0 Å². The lowest BCUT2D eigenvalue weighted by Crippen LogP contribution is -2.37. The Hall–Kier alpha value is -2.76. The number of hydrogen-bond donors (Lipinski definition) is 3. The van der Waals surface area contributed by atoms with Crippen molar-refractivity contribution in [1.29, 1.82) is 0 Å². The van der Waals surface area contributed by atoms with Crippen molar-refractivity contribution >= 4 is 22.8 Å². The fourth-order valence-corrected chi connectivity index (χ4v) is 2.19. The summed E-state index contributed by atoms with van der Waals surface area (Å²) in [6.07, 6.45) is -0.537. The molecule has 0 aliphatic carbocycles. The number of carbonyl (C=O) groups excluding carboxylic acids is 2. The summed E-state index contributed by atoms with van der Waals surface area (Å²) in [6.45, 7) is 5.78. The highest BCUT2D eigenvalue weighted by Gasteiger charge is 2.16. The molecule has 0 aromatic heterocycles. The van der Waals surface area contributed by atoms with Crippen LogP contribution >= 0.6 is 0 Å². The van der Waals surface area contributed by atoms with E-state index in [4.69, 9.17) is 4.74 Å². The molecule has 0 spiro atoms. The van der Waals surface area contributed by atoms with E-state index >= 15 is 0 Å². The summed E-state index contributed by atoms with van der Waals surface area (Å²) in [7, 11) is 0. The van der Waals surface area contributed by atoms with Gasteiger partial charge >= 0.3 is 6.09 Å². The normalized spacial score (nSPS) is 11.1. The summed E-state index contributed by atoms with van der Waals surface area (Å²) in [5.41, 5.74) is -0.365. The fourth-order valence-electron chi connectivity index (χ4n) is 2.19. The van der Waals surface area contributed by atoms with Crippen LogP contribution in [0.25, 0.3) is 10.8 Å². The van der Waals surface area contributed by atoms with Crippen molar-refractivity contribution in [2.45, 2.75) is 26.4 Å². The van der Waals surface area contributed by atoms with Crippen LogP contribution in [0.3, 0.4) is 0 Å². The molecule has 0 aliphatic heterocycles. The molecule has 6 nitrogen and oxygen atoms in total. The van der Waals surface area contributed by atoms with Gasteiger partial charge in [0, 0.05) is 18.5 Å². The first-order valence-corrected chi connectivity index (χ1v) is 7.74. The van der Waals surface area contributed by atoms with Gasteiger partial charge in [0.1, 0.15) is 11.4 Å². The van der Waals surface area contributed by atoms with Gasteiger partial charge in [-0.15, -0.1) is 0 Å². The molecule has 24 heavy (non-hydrogen) atoms. The molecule has 0 bridgehead atoms. The molecule has 0 saturated carbocycles. The van der Waals surface area contributed by atoms with Gasteiger partial charge in [-0.25, -0.2) is 4.79 Å². The molecule has 0 heterocycles. The molecular weight excluding hydrogens is 308 g/mol. The summed E-state index contributed by atoms with van der Waals surface area (Å²) >= 11 is 0. The summed E-state index contributed by atoms with van der Waals surface area (Å²) < 4.78 is 5.09. The van der Waals surface area contributed by atoms with Crippen LogP contribution in [-0.4, -0.2) is 35.8 Å². The van der Waals surface area contributed by atoms with Crippen LogP contribution in [0.4, 0.5) is 4.79 Å². The third kappa shape index (κ3) is 4.62. The Kier molecular flexibility index (Phi) is 5.28.